The first-order valence-electron chi connectivity index (χ1n) is 6.10. The zero-order chi connectivity index (χ0) is 12.5. The number of hydrogen-bond acceptors (Lipinski definition) is 5. The van der Waals surface area contributed by atoms with Gasteiger partial charge in [-0.1, -0.05) is 6.92 Å². The number of aliphatic hydroxyl groups is 1. The third-order valence-corrected chi connectivity index (χ3v) is 3.45. The Morgan fingerprint density at radius 1 is 1.41 bits per heavy atom. The predicted molar refractivity (Wildman–Crippen MR) is 67.9 cm³/mol. The van der Waals surface area contributed by atoms with Gasteiger partial charge in [-0.2, -0.15) is 0 Å². The largest absolute Gasteiger partial charge is 0.390 e. The lowest BCUT2D eigenvalue weighted by atomic mass is 9.93. The van der Waals surface area contributed by atoms with Crippen LogP contribution in [0.3, 0.4) is 0 Å². The second kappa shape index (κ2) is 4.49. The summed E-state index contributed by atoms with van der Waals surface area (Å²) in [4.78, 5) is 10.5. The van der Waals surface area contributed by atoms with Gasteiger partial charge < -0.3 is 15.7 Å². The summed E-state index contributed by atoms with van der Waals surface area (Å²) < 4.78 is 0. The Bertz CT molecular complexity index is 395. The van der Waals surface area contributed by atoms with Crippen LogP contribution in [0, 0.1) is 0 Å². The molecule has 0 saturated carbocycles. The molecule has 1 fully saturated rings. The van der Waals surface area contributed by atoms with Crippen molar-refractivity contribution in [2.75, 3.05) is 23.7 Å². The van der Waals surface area contributed by atoms with Gasteiger partial charge in [0.2, 0.25) is 0 Å². The highest BCUT2D eigenvalue weighted by atomic mass is 16.3. The van der Waals surface area contributed by atoms with Gasteiger partial charge >= 0.3 is 0 Å². The van der Waals surface area contributed by atoms with Crippen LogP contribution in [0.1, 0.15) is 32.3 Å². The Labute approximate surface area is 102 Å². The molecule has 17 heavy (non-hydrogen) atoms. The van der Waals surface area contributed by atoms with E-state index in [4.69, 9.17) is 5.73 Å². The first kappa shape index (κ1) is 12.1. The molecule has 1 aromatic heterocycles. The van der Waals surface area contributed by atoms with Crippen LogP contribution in [0.25, 0.3) is 0 Å². The Morgan fingerprint density at radius 2 is 2.06 bits per heavy atom. The van der Waals surface area contributed by atoms with Gasteiger partial charge in [0.05, 0.1) is 5.60 Å². The van der Waals surface area contributed by atoms with Gasteiger partial charge in [-0.25, -0.2) is 9.97 Å². The molecule has 1 aromatic rings. The maximum Gasteiger partial charge on any atom is 0.137 e. The van der Waals surface area contributed by atoms with E-state index < -0.39 is 5.60 Å². The normalized spacial score (nSPS) is 19.4. The molecule has 0 aliphatic carbocycles. The van der Waals surface area contributed by atoms with Crippen molar-refractivity contribution in [2.45, 2.75) is 38.7 Å². The summed E-state index contributed by atoms with van der Waals surface area (Å²) in [6.07, 6.45) is 3.87. The minimum absolute atomic E-state index is 0.540. The average molecular weight is 236 g/mol. The number of piperidine rings is 1. The lowest BCUT2D eigenvalue weighted by Crippen LogP contribution is -2.43. The van der Waals surface area contributed by atoms with Gasteiger partial charge in [0.25, 0.3) is 0 Å². The molecule has 5 nitrogen and oxygen atoms in total. The number of aromatic nitrogens is 2. The molecule has 5 heteroatoms. The van der Waals surface area contributed by atoms with Crippen LogP contribution in [0.2, 0.25) is 0 Å². The van der Waals surface area contributed by atoms with Crippen molar-refractivity contribution >= 4 is 11.6 Å². The van der Waals surface area contributed by atoms with E-state index in [1.165, 1.54) is 6.33 Å². The van der Waals surface area contributed by atoms with Crippen LogP contribution in [0.15, 0.2) is 6.33 Å². The van der Waals surface area contributed by atoms with E-state index in [9.17, 15) is 5.11 Å². The summed E-state index contributed by atoms with van der Waals surface area (Å²) in [6, 6.07) is 0. The molecule has 1 aliphatic heterocycles. The van der Waals surface area contributed by atoms with Gasteiger partial charge in [0.1, 0.15) is 18.0 Å². The Balaban J connectivity index is 2.21. The monoisotopic (exact) mass is 236 g/mol. The summed E-state index contributed by atoms with van der Waals surface area (Å²) in [6.45, 7) is 5.57. The van der Waals surface area contributed by atoms with Gasteiger partial charge in [0, 0.05) is 18.7 Å². The predicted octanol–water partition coefficient (Wildman–Crippen LogP) is 0.972. The lowest BCUT2D eigenvalue weighted by molar-refractivity contribution is 0.0350. The van der Waals surface area contributed by atoms with E-state index in [1.807, 2.05) is 6.92 Å². The second-order valence-corrected chi connectivity index (χ2v) is 4.90. The number of rotatable bonds is 2. The molecule has 1 aliphatic rings. The Kier molecular flexibility index (Phi) is 3.19. The number of nitrogens with two attached hydrogens (primary N) is 1. The molecule has 0 bridgehead atoms. The fourth-order valence-electron chi connectivity index (χ4n) is 2.23. The summed E-state index contributed by atoms with van der Waals surface area (Å²) in [5, 5.41) is 9.94. The Hall–Kier alpha value is -1.36. The molecule has 0 spiro atoms. The molecule has 0 unspecified atom stereocenters. The van der Waals surface area contributed by atoms with Gasteiger partial charge in [-0.05, 0) is 26.2 Å². The van der Waals surface area contributed by atoms with Crippen molar-refractivity contribution in [2.24, 2.45) is 0 Å². The molecule has 2 rings (SSSR count). The quantitative estimate of drug-likeness (QED) is 0.800. The molecule has 0 atom stereocenters. The van der Waals surface area contributed by atoms with Crippen LogP contribution in [0.5, 0.6) is 0 Å². The fourth-order valence-corrected chi connectivity index (χ4v) is 2.23. The maximum absolute atomic E-state index is 9.94. The summed E-state index contributed by atoms with van der Waals surface area (Å²) >= 11 is 0. The zero-order valence-electron chi connectivity index (χ0n) is 10.5. The van der Waals surface area contributed by atoms with Crippen molar-refractivity contribution in [3.63, 3.8) is 0 Å². The maximum atomic E-state index is 9.94. The highest BCUT2D eigenvalue weighted by Crippen LogP contribution is 2.28. The minimum Gasteiger partial charge on any atom is -0.390 e. The topological polar surface area (TPSA) is 75.3 Å². The lowest BCUT2D eigenvalue weighted by Gasteiger charge is -2.37. The third kappa shape index (κ3) is 2.49. The number of anilines is 2. The molecule has 94 valence electrons. The highest BCUT2D eigenvalue weighted by Gasteiger charge is 2.28. The van der Waals surface area contributed by atoms with Gasteiger partial charge in [0.15, 0.2) is 0 Å². The van der Waals surface area contributed by atoms with E-state index in [2.05, 4.69) is 21.8 Å². The summed E-state index contributed by atoms with van der Waals surface area (Å²) in [5.41, 5.74) is 6.33. The molecule has 3 N–H and O–H groups in total. The van der Waals surface area contributed by atoms with E-state index in [-0.39, 0.29) is 0 Å². The fraction of sp³-hybridized carbons (Fsp3) is 0.667. The van der Waals surface area contributed by atoms with Crippen molar-refractivity contribution in [1.29, 1.82) is 0 Å². The molecule has 0 amide bonds. The van der Waals surface area contributed by atoms with Crippen molar-refractivity contribution in [3.8, 4) is 0 Å². The smallest absolute Gasteiger partial charge is 0.137 e. The van der Waals surface area contributed by atoms with Crippen molar-refractivity contribution < 1.29 is 5.11 Å². The average Bonchev–Trinajstić information content (AvgIpc) is 2.29. The van der Waals surface area contributed by atoms with E-state index in [0.717, 1.165) is 43.7 Å². The molecular weight excluding hydrogens is 216 g/mol. The second-order valence-electron chi connectivity index (χ2n) is 4.90. The number of nitrogen functional groups attached to an aromatic ring is 1. The van der Waals surface area contributed by atoms with E-state index >= 15 is 0 Å². The van der Waals surface area contributed by atoms with Crippen LogP contribution in [-0.2, 0) is 6.42 Å². The molecule has 0 aromatic carbocycles. The SMILES string of the molecule is CCc1c(N)ncnc1N1CCC(C)(O)CC1. The van der Waals surface area contributed by atoms with E-state index in [1.54, 1.807) is 0 Å². The van der Waals surface area contributed by atoms with Crippen LogP contribution in [0.4, 0.5) is 11.6 Å². The first-order chi connectivity index (χ1) is 8.03. The zero-order valence-corrected chi connectivity index (χ0v) is 10.5. The molecule has 1 saturated heterocycles. The van der Waals surface area contributed by atoms with Crippen molar-refractivity contribution in [3.05, 3.63) is 11.9 Å². The van der Waals surface area contributed by atoms with Gasteiger partial charge in [-0.3, -0.25) is 0 Å². The van der Waals surface area contributed by atoms with Crippen LogP contribution in [-0.4, -0.2) is 33.8 Å². The van der Waals surface area contributed by atoms with Crippen LogP contribution < -0.4 is 10.6 Å². The third-order valence-electron chi connectivity index (χ3n) is 3.45. The molecule has 2 heterocycles. The summed E-state index contributed by atoms with van der Waals surface area (Å²) in [5.74, 6) is 1.49. The van der Waals surface area contributed by atoms with Gasteiger partial charge in [-0.15, -0.1) is 0 Å². The summed E-state index contributed by atoms with van der Waals surface area (Å²) in [7, 11) is 0. The number of nitrogens with zero attached hydrogens (tertiary/aromatic N) is 3. The highest BCUT2D eigenvalue weighted by molar-refractivity contribution is 5.56. The standard InChI is InChI=1S/C12H20N4O/c1-3-9-10(13)14-8-15-11(9)16-6-4-12(2,17)5-7-16/h8,17H,3-7H2,1-2H3,(H2,13,14,15). The molecule has 0 radical (unpaired) electrons. The van der Waals surface area contributed by atoms with Crippen molar-refractivity contribution in [1.82, 2.24) is 9.97 Å². The first-order valence-corrected chi connectivity index (χ1v) is 6.10. The van der Waals surface area contributed by atoms with E-state index in [0.29, 0.717) is 5.82 Å². The number of hydrogen-bond donors (Lipinski definition) is 2. The molecular formula is C12H20N4O. The van der Waals surface area contributed by atoms with Crippen LogP contribution >= 0.6 is 0 Å². The minimum atomic E-state index is -0.540. The Morgan fingerprint density at radius 3 is 2.65 bits per heavy atom.